The number of anilines is 2. The highest BCUT2D eigenvalue weighted by molar-refractivity contribution is 6.48. The zero-order chi connectivity index (χ0) is 25.2. The first-order chi connectivity index (χ1) is 16.0. The van der Waals surface area contributed by atoms with Crippen molar-refractivity contribution in [3.05, 3.63) is 70.7 Å². The van der Waals surface area contributed by atoms with Gasteiger partial charge in [-0.3, -0.25) is 9.59 Å². The zero-order valence-corrected chi connectivity index (χ0v) is 18.9. The number of hydrogen-bond donors (Lipinski definition) is 4. The lowest BCUT2D eigenvalue weighted by Gasteiger charge is -2.24. The van der Waals surface area contributed by atoms with Crippen molar-refractivity contribution in [3.8, 4) is 0 Å². The van der Waals surface area contributed by atoms with Gasteiger partial charge in [-0.1, -0.05) is 47.5 Å². The number of nitrogens with two attached hydrogens (primary N) is 4. The van der Waals surface area contributed by atoms with Gasteiger partial charge in [0.2, 0.25) is 0 Å². The minimum Gasteiger partial charge on any atom is -0.350 e. The van der Waals surface area contributed by atoms with Gasteiger partial charge in [-0.25, -0.2) is 31.3 Å². The summed E-state index contributed by atoms with van der Waals surface area (Å²) < 4.78 is 0. The Morgan fingerprint density at radius 2 is 1.00 bits per heavy atom. The molecule has 34 heavy (non-hydrogen) atoms. The van der Waals surface area contributed by atoms with E-state index in [4.69, 9.17) is 46.4 Å². The number of allylic oxidation sites excluding steroid dienone is 4. The maximum absolute atomic E-state index is 11.6. The first-order valence-corrected chi connectivity index (χ1v) is 10.2. The number of carbonyl (C=O) groups excluding carboxylic acids is 4. The van der Waals surface area contributed by atoms with Gasteiger partial charge in [0, 0.05) is 10.8 Å². The number of hydrogen-bond acceptors (Lipinski definition) is 6. The molecule has 1 aliphatic carbocycles. The minimum atomic E-state index is -0.940. The highest BCUT2D eigenvalue weighted by Gasteiger charge is 2.26. The highest BCUT2D eigenvalue weighted by Crippen LogP contribution is 2.47. The van der Waals surface area contributed by atoms with Crippen LogP contribution in [-0.2, 0) is 9.59 Å². The van der Waals surface area contributed by atoms with Crippen LogP contribution in [0, 0.1) is 0 Å². The van der Waals surface area contributed by atoms with Crippen molar-refractivity contribution in [2.24, 2.45) is 23.2 Å². The molecule has 1 aliphatic rings. The van der Waals surface area contributed by atoms with Crippen LogP contribution >= 0.6 is 23.2 Å². The largest absolute Gasteiger partial charge is 0.350 e. The Bertz CT molecular complexity index is 1300. The van der Waals surface area contributed by atoms with E-state index in [1.807, 2.05) is 24.3 Å². The van der Waals surface area contributed by atoms with Crippen molar-refractivity contribution in [2.45, 2.75) is 0 Å². The summed E-state index contributed by atoms with van der Waals surface area (Å²) in [5.74, 6) is 11.3. The van der Waals surface area contributed by atoms with Gasteiger partial charge in [0.15, 0.2) is 11.6 Å². The second-order valence-electron chi connectivity index (χ2n) is 6.96. The van der Waals surface area contributed by atoms with Crippen molar-refractivity contribution in [2.75, 3.05) is 10.0 Å². The third-order valence-corrected chi connectivity index (χ3v) is 5.62. The van der Waals surface area contributed by atoms with Crippen molar-refractivity contribution in [3.63, 3.8) is 0 Å². The van der Waals surface area contributed by atoms with Crippen LogP contribution in [0.1, 0.15) is 0 Å². The summed E-state index contributed by atoms with van der Waals surface area (Å²) in [7, 11) is 0. The Labute approximate surface area is 202 Å². The summed E-state index contributed by atoms with van der Waals surface area (Å²) in [5.41, 5.74) is 10.8. The third-order valence-electron chi connectivity index (χ3n) is 4.79. The number of halogens is 2. The Kier molecular flexibility index (Phi) is 7.18. The Morgan fingerprint density at radius 3 is 1.29 bits per heavy atom. The molecule has 174 valence electrons. The average Bonchev–Trinajstić information content (AvgIpc) is 2.80. The summed E-state index contributed by atoms with van der Waals surface area (Å²) in [5, 5.41) is 3.69. The fourth-order valence-electron chi connectivity index (χ4n) is 3.21. The third kappa shape index (κ3) is 4.85. The smallest absolute Gasteiger partial charge is 0.333 e. The Hall–Kier alpha value is -3.96. The van der Waals surface area contributed by atoms with E-state index in [2.05, 4.69) is 0 Å². The van der Waals surface area contributed by atoms with E-state index in [1.165, 1.54) is 24.3 Å². The normalized spacial score (nSPS) is 12.5. The molecule has 0 heterocycles. The van der Waals surface area contributed by atoms with Gasteiger partial charge in [0.1, 0.15) is 0 Å². The van der Waals surface area contributed by atoms with E-state index in [1.54, 1.807) is 12.1 Å². The van der Waals surface area contributed by atoms with Gasteiger partial charge in [0.05, 0.1) is 21.4 Å². The molecule has 0 fully saturated rings. The molecule has 4 amide bonds. The molecule has 0 atom stereocenters. The number of hydrazine groups is 2. The molecule has 10 nitrogen and oxygen atoms in total. The molecular formula is C22H18Cl2N6O4. The van der Waals surface area contributed by atoms with Crippen LogP contribution < -0.4 is 33.2 Å². The number of urea groups is 2. The number of rotatable bonds is 2. The fraction of sp³-hybridized carbons (Fsp3) is 0. The van der Waals surface area contributed by atoms with Crippen LogP contribution in [0.3, 0.4) is 0 Å². The molecule has 0 bridgehead atoms. The van der Waals surface area contributed by atoms with Crippen molar-refractivity contribution in [1.29, 1.82) is 0 Å². The van der Waals surface area contributed by atoms with Gasteiger partial charge in [0.25, 0.3) is 0 Å². The first-order valence-electron chi connectivity index (χ1n) is 9.49. The number of primary amides is 2. The summed E-state index contributed by atoms with van der Waals surface area (Å²) in [6.45, 7) is 0. The molecule has 3 aromatic rings. The Morgan fingerprint density at radius 1 is 0.676 bits per heavy atom. The van der Waals surface area contributed by atoms with E-state index >= 15 is 0 Å². The summed E-state index contributed by atoms with van der Waals surface area (Å²) >= 11 is 12.6. The van der Waals surface area contributed by atoms with Gasteiger partial charge in [-0.15, -0.1) is 0 Å². The van der Waals surface area contributed by atoms with E-state index in [9.17, 15) is 19.2 Å². The summed E-state index contributed by atoms with van der Waals surface area (Å²) in [6, 6.07) is 9.01. The second kappa shape index (κ2) is 9.89. The SMILES string of the molecule is NC(=O)N(N)c1c(Cl)c(Cl)c(N(N)C(N)=O)c2cc3ccccc3cc12.O=C1C=CC(=O)C=C1. The monoisotopic (exact) mass is 500 g/mol. The topological polar surface area (TPSA) is 179 Å². The molecule has 0 spiro atoms. The molecule has 0 unspecified atom stereocenters. The molecular weight excluding hydrogens is 483 g/mol. The average molecular weight is 501 g/mol. The van der Waals surface area contributed by atoms with Crippen LogP contribution in [0.25, 0.3) is 21.5 Å². The van der Waals surface area contributed by atoms with Crippen LogP contribution in [0.2, 0.25) is 10.0 Å². The number of ketones is 2. The standard InChI is InChI=1S/C16H14Cl2N6O2.C6H4O2/c17-11-12(18)14(24(22)16(20)26)10-6-8-4-2-1-3-7(8)5-9(10)13(11)23(21)15(19)25;7-5-1-2-6(8)4-3-5/h1-6H,21-22H2,(H2,19,25)(H2,20,26);1-4H. The lowest BCUT2D eigenvalue weighted by atomic mass is 10.00. The number of carbonyl (C=O) groups is 4. The van der Waals surface area contributed by atoms with E-state index in [0.29, 0.717) is 20.8 Å². The van der Waals surface area contributed by atoms with Gasteiger partial charge >= 0.3 is 12.1 Å². The minimum absolute atomic E-state index is 0.0894. The zero-order valence-electron chi connectivity index (χ0n) is 17.4. The molecule has 0 saturated heterocycles. The van der Waals surface area contributed by atoms with Crippen LogP contribution in [-0.4, -0.2) is 23.6 Å². The number of fused-ring (bicyclic) bond motifs is 2. The molecule has 4 rings (SSSR count). The maximum atomic E-state index is 11.6. The summed E-state index contributed by atoms with van der Waals surface area (Å²) in [4.78, 5) is 43.8. The van der Waals surface area contributed by atoms with Gasteiger partial charge in [-0.2, -0.15) is 0 Å². The van der Waals surface area contributed by atoms with Crippen LogP contribution in [0.4, 0.5) is 21.0 Å². The maximum Gasteiger partial charge on any atom is 0.333 e. The molecule has 0 aliphatic heterocycles. The van der Waals surface area contributed by atoms with Crippen molar-refractivity contribution < 1.29 is 19.2 Å². The van der Waals surface area contributed by atoms with E-state index < -0.39 is 12.1 Å². The van der Waals surface area contributed by atoms with Gasteiger partial charge in [-0.05, 0) is 47.2 Å². The quantitative estimate of drug-likeness (QED) is 0.138. The van der Waals surface area contributed by atoms with Crippen LogP contribution in [0.15, 0.2) is 60.7 Å². The highest BCUT2D eigenvalue weighted by atomic mass is 35.5. The molecule has 12 heteroatoms. The molecule has 0 radical (unpaired) electrons. The number of amides is 4. The first kappa shape index (κ1) is 24.7. The molecule has 0 saturated carbocycles. The predicted octanol–water partition coefficient (Wildman–Crippen LogP) is 3.07. The molecule has 0 aromatic heterocycles. The van der Waals surface area contributed by atoms with Crippen molar-refractivity contribution >= 4 is 79.8 Å². The van der Waals surface area contributed by atoms with Gasteiger partial charge < -0.3 is 11.5 Å². The predicted molar refractivity (Wildman–Crippen MR) is 132 cm³/mol. The summed E-state index contributed by atoms with van der Waals surface area (Å²) in [6.07, 6.45) is 5.01. The fourth-order valence-corrected chi connectivity index (χ4v) is 3.77. The Balaban J connectivity index is 0.000000343. The molecule has 3 aromatic carbocycles. The number of nitrogens with zero attached hydrogens (tertiary/aromatic N) is 2. The molecule has 8 N–H and O–H groups in total. The lowest BCUT2D eigenvalue weighted by Crippen LogP contribution is -2.43. The van der Waals surface area contributed by atoms with E-state index in [-0.39, 0.29) is 33.0 Å². The lowest BCUT2D eigenvalue weighted by molar-refractivity contribution is -0.113. The number of benzene rings is 3. The van der Waals surface area contributed by atoms with Crippen molar-refractivity contribution in [1.82, 2.24) is 0 Å². The van der Waals surface area contributed by atoms with Crippen LogP contribution in [0.5, 0.6) is 0 Å². The van der Waals surface area contributed by atoms with E-state index in [0.717, 1.165) is 10.8 Å². The second-order valence-corrected chi connectivity index (χ2v) is 7.71.